The van der Waals surface area contributed by atoms with E-state index < -0.39 is 58.2 Å². The third-order valence-electron chi connectivity index (χ3n) is 5.12. The maximum atomic E-state index is 14.0. The zero-order valence-electron chi connectivity index (χ0n) is 19.2. The molecule has 0 aliphatic carbocycles. The summed E-state index contributed by atoms with van der Waals surface area (Å²) >= 11 is 5.63. The lowest BCUT2D eigenvalue weighted by Crippen LogP contribution is -2.56. The molecular formula is C24H15ClF6N2O6. The van der Waals surface area contributed by atoms with Crippen LogP contribution in [0.3, 0.4) is 0 Å². The average molecular weight is 577 g/mol. The summed E-state index contributed by atoms with van der Waals surface area (Å²) in [6.45, 7) is -0.764. The molecule has 0 unspecified atom stereocenters. The van der Waals surface area contributed by atoms with Crippen LogP contribution >= 0.6 is 11.6 Å². The van der Waals surface area contributed by atoms with Crippen LogP contribution in [0, 0.1) is 10.1 Å². The Morgan fingerprint density at radius 2 is 1.44 bits per heavy atom. The van der Waals surface area contributed by atoms with Gasteiger partial charge in [0.05, 0.1) is 10.5 Å². The minimum Gasteiger partial charge on any atom is -0.477 e. The van der Waals surface area contributed by atoms with Crippen LogP contribution in [-0.2, 0) is 15.1 Å². The Balaban J connectivity index is 1.84. The van der Waals surface area contributed by atoms with Crippen molar-refractivity contribution in [1.82, 2.24) is 0 Å². The van der Waals surface area contributed by atoms with Crippen LogP contribution < -0.4 is 10.1 Å². The summed E-state index contributed by atoms with van der Waals surface area (Å²) in [4.78, 5) is 34.7. The van der Waals surface area contributed by atoms with Crippen LogP contribution in [0.25, 0.3) is 0 Å². The number of alkyl halides is 6. The van der Waals surface area contributed by atoms with E-state index in [1.165, 1.54) is 18.2 Å². The van der Waals surface area contributed by atoms with Crippen molar-refractivity contribution in [2.24, 2.45) is 0 Å². The molecule has 3 aromatic rings. The first kappa shape index (κ1) is 29.2. The van der Waals surface area contributed by atoms with E-state index in [2.05, 4.69) is 10.1 Å². The molecule has 3 rings (SSSR count). The highest BCUT2D eigenvalue weighted by atomic mass is 35.5. The highest BCUT2D eigenvalue weighted by Crippen LogP contribution is 2.53. The Morgan fingerprint density at radius 3 is 1.97 bits per heavy atom. The molecule has 0 saturated heterocycles. The number of benzene rings is 3. The number of para-hydroxylation sites is 2. The van der Waals surface area contributed by atoms with Gasteiger partial charge in [-0.25, -0.2) is 4.79 Å². The van der Waals surface area contributed by atoms with Gasteiger partial charge in [-0.2, -0.15) is 26.3 Å². The summed E-state index contributed by atoms with van der Waals surface area (Å²) in [7, 11) is 0. The van der Waals surface area contributed by atoms with Crippen molar-refractivity contribution in [2.45, 2.75) is 18.0 Å². The fraction of sp³-hybridized carbons (Fsp3) is 0.167. The van der Waals surface area contributed by atoms with Crippen molar-refractivity contribution in [2.75, 3.05) is 11.9 Å². The van der Waals surface area contributed by atoms with E-state index in [-0.39, 0.29) is 16.5 Å². The molecular weight excluding hydrogens is 562 g/mol. The molecule has 0 spiro atoms. The molecule has 39 heavy (non-hydrogen) atoms. The smallest absolute Gasteiger partial charge is 0.442 e. The number of halogens is 7. The van der Waals surface area contributed by atoms with Crippen LogP contribution in [0.2, 0.25) is 5.02 Å². The molecule has 206 valence electrons. The number of anilines is 1. The van der Waals surface area contributed by atoms with Gasteiger partial charge in [0.2, 0.25) is 0 Å². The number of nitrogens with one attached hydrogen (secondary N) is 1. The largest absolute Gasteiger partial charge is 0.477 e. The van der Waals surface area contributed by atoms with Crippen LogP contribution in [0.1, 0.15) is 15.9 Å². The lowest BCUT2D eigenvalue weighted by Gasteiger charge is -2.36. The second-order valence-electron chi connectivity index (χ2n) is 7.71. The van der Waals surface area contributed by atoms with Crippen molar-refractivity contribution < 1.29 is 50.3 Å². The van der Waals surface area contributed by atoms with E-state index in [9.17, 15) is 46.0 Å². The number of rotatable bonds is 8. The number of nitrogens with zero attached hydrogens (tertiary/aromatic N) is 1. The highest BCUT2D eigenvalue weighted by Gasteiger charge is 2.75. The molecule has 1 amide bonds. The summed E-state index contributed by atoms with van der Waals surface area (Å²) in [5.41, 5.74) is -7.82. The highest BCUT2D eigenvalue weighted by molar-refractivity contribution is 6.30. The standard InChI is InChI=1S/C24H15ClF6N2O6/c25-16-9-5-14(6-10-16)21(35)39-22(23(26,27)28,24(29,30)31)15-7-11-17(12-8-15)32-20(34)13-38-19-4-2-1-3-18(19)33(36)37/h1-12H,13H2,(H,32,34). The van der Waals surface area contributed by atoms with Gasteiger partial charge in [0.15, 0.2) is 12.4 Å². The Kier molecular flexibility index (Phi) is 8.39. The quantitative estimate of drug-likeness (QED) is 0.143. The van der Waals surface area contributed by atoms with E-state index in [1.807, 2.05) is 0 Å². The topological polar surface area (TPSA) is 108 Å². The number of esters is 1. The van der Waals surface area contributed by atoms with Gasteiger partial charge in [0.25, 0.3) is 5.91 Å². The van der Waals surface area contributed by atoms with Gasteiger partial charge in [-0.1, -0.05) is 35.9 Å². The van der Waals surface area contributed by atoms with Gasteiger partial charge in [-0.15, -0.1) is 0 Å². The average Bonchev–Trinajstić information content (AvgIpc) is 2.85. The maximum Gasteiger partial charge on any atom is 0.442 e. The van der Waals surface area contributed by atoms with Crippen molar-refractivity contribution >= 4 is 34.9 Å². The molecule has 0 radical (unpaired) electrons. The summed E-state index contributed by atoms with van der Waals surface area (Å²) in [5, 5.41) is 13.3. The number of nitro benzene ring substituents is 1. The second kappa shape index (κ2) is 11.2. The summed E-state index contributed by atoms with van der Waals surface area (Å²) in [5.74, 6) is -3.07. The number of hydrogen-bond donors (Lipinski definition) is 1. The number of hydrogen-bond acceptors (Lipinski definition) is 6. The van der Waals surface area contributed by atoms with Crippen LogP contribution in [-0.4, -0.2) is 35.8 Å². The van der Waals surface area contributed by atoms with E-state index in [0.717, 1.165) is 42.5 Å². The fourth-order valence-electron chi connectivity index (χ4n) is 3.31. The number of nitro groups is 1. The molecule has 0 atom stereocenters. The van der Waals surface area contributed by atoms with Crippen molar-refractivity contribution in [3.05, 3.63) is 99.1 Å². The normalized spacial score (nSPS) is 12.0. The van der Waals surface area contributed by atoms with E-state index in [1.54, 1.807) is 0 Å². The maximum absolute atomic E-state index is 14.0. The summed E-state index contributed by atoms with van der Waals surface area (Å²) in [6, 6.07) is 11.3. The lowest BCUT2D eigenvalue weighted by atomic mass is 9.91. The first-order valence-electron chi connectivity index (χ1n) is 10.5. The van der Waals surface area contributed by atoms with Crippen molar-refractivity contribution in [3.63, 3.8) is 0 Å². The van der Waals surface area contributed by atoms with Gasteiger partial charge in [0.1, 0.15) is 0 Å². The molecule has 1 N–H and O–H groups in total. The first-order chi connectivity index (χ1) is 18.2. The second-order valence-corrected chi connectivity index (χ2v) is 8.15. The molecule has 0 aliphatic heterocycles. The van der Waals surface area contributed by atoms with Crippen molar-refractivity contribution in [1.29, 1.82) is 0 Å². The van der Waals surface area contributed by atoms with Gasteiger partial charge >= 0.3 is 29.6 Å². The molecule has 0 heterocycles. The van der Waals surface area contributed by atoms with Gasteiger partial charge in [-0.05, 0) is 42.5 Å². The Labute approximate surface area is 220 Å². The SMILES string of the molecule is O=C(COc1ccccc1[N+](=O)[O-])Nc1ccc(C(OC(=O)c2ccc(Cl)cc2)(C(F)(F)F)C(F)(F)F)cc1. The number of amides is 1. The van der Waals surface area contributed by atoms with Crippen molar-refractivity contribution in [3.8, 4) is 5.75 Å². The minimum atomic E-state index is -6.14. The zero-order chi connectivity index (χ0) is 29.0. The monoisotopic (exact) mass is 576 g/mol. The Morgan fingerprint density at radius 1 is 0.872 bits per heavy atom. The molecule has 0 saturated carbocycles. The predicted octanol–water partition coefficient (Wildman–Crippen LogP) is 6.44. The summed E-state index contributed by atoms with van der Waals surface area (Å²) < 4.78 is 93.2. The Bertz CT molecular complexity index is 1350. The zero-order valence-corrected chi connectivity index (χ0v) is 19.9. The molecule has 0 bridgehead atoms. The third kappa shape index (κ3) is 6.39. The van der Waals surface area contributed by atoms with E-state index >= 15 is 0 Å². The number of ether oxygens (including phenoxy) is 2. The van der Waals surface area contributed by atoms with Crippen LogP contribution in [0.5, 0.6) is 5.75 Å². The third-order valence-corrected chi connectivity index (χ3v) is 5.37. The van der Waals surface area contributed by atoms with Gasteiger partial charge < -0.3 is 14.8 Å². The molecule has 0 aromatic heterocycles. The number of carbonyl (C=O) groups is 2. The van der Waals surface area contributed by atoms with E-state index in [4.69, 9.17) is 16.3 Å². The summed E-state index contributed by atoms with van der Waals surface area (Å²) in [6.07, 6.45) is -12.3. The van der Waals surface area contributed by atoms with Crippen LogP contribution in [0.15, 0.2) is 72.8 Å². The van der Waals surface area contributed by atoms with Gasteiger partial charge in [-0.3, -0.25) is 14.9 Å². The number of carbonyl (C=O) groups excluding carboxylic acids is 2. The fourth-order valence-corrected chi connectivity index (χ4v) is 3.43. The molecule has 0 fully saturated rings. The van der Waals surface area contributed by atoms with Gasteiger partial charge in [0, 0.05) is 22.3 Å². The molecule has 3 aromatic carbocycles. The lowest BCUT2D eigenvalue weighted by molar-refractivity contribution is -0.385. The molecule has 0 aliphatic rings. The predicted molar refractivity (Wildman–Crippen MR) is 124 cm³/mol. The first-order valence-corrected chi connectivity index (χ1v) is 10.9. The van der Waals surface area contributed by atoms with Crippen LogP contribution in [0.4, 0.5) is 37.7 Å². The minimum absolute atomic E-state index is 0.0782. The Hall–Kier alpha value is -4.33. The molecule has 8 nitrogen and oxygen atoms in total. The van der Waals surface area contributed by atoms with E-state index in [0.29, 0.717) is 12.1 Å². The molecule has 15 heteroatoms.